The molecule has 0 aromatic carbocycles. The first-order valence-corrected chi connectivity index (χ1v) is 6.10. The summed E-state index contributed by atoms with van der Waals surface area (Å²) in [5.74, 6) is 0. The van der Waals surface area contributed by atoms with Crippen molar-refractivity contribution in [3.8, 4) is 0 Å². The van der Waals surface area contributed by atoms with Crippen molar-refractivity contribution in [3.05, 3.63) is 17.5 Å². The van der Waals surface area contributed by atoms with Gasteiger partial charge in [-0.15, -0.1) is 0 Å². The van der Waals surface area contributed by atoms with Gasteiger partial charge < -0.3 is 10.1 Å². The van der Waals surface area contributed by atoms with Gasteiger partial charge in [-0.05, 0) is 21.0 Å². The fraction of sp³-hybridized carbons (Fsp3) is 0.750. The summed E-state index contributed by atoms with van der Waals surface area (Å²) in [6, 6.07) is 0.296. The van der Waals surface area contributed by atoms with Crippen molar-refractivity contribution in [2.75, 3.05) is 33.8 Å². The Morgan fingerprint density at radius 3 is 2.88 bits per heavy atom. The predicted octanol–water partition coefficient (Wildman–Crippen LogP) is 0.320. The lowest BCUT2D eigenvalue weighted by Gasteiger charge is -2.39. The zero-order valence-corrected chi connectivity index (χ0v) is 11.1. The Balaban J connectivity index is 2.27. The normalized spacial score (nSPS) is 26.4. The van der Waals surface area contributed by atoms with Gasteiger partial charge in [-0.1, -0.05) is 0 Å². The van der Waals surface area contributed by atoms with Crippen molar-refractivity contribution in [1.82, 2.24) is 20.0 Å². The first-order valence-electron chi connectivity index (χ1n) is 6.10. The summed E-state index contributed by atoms with van der Waals surface area (Å²) in [5.41, 5.74) is 2.37. The molecule has 0 spiro atoms. The topological polar surface area (TPSA) is 42.3 Å². The molecule has 0 aliphatic carbocycles. The zero-order valence-electron chi connectivity index (χ0n) is 11.1. The van der Waals surface area contributed by atoms with Crippen LogP contribution < -0.4 is 5.32 Å². The van der Waals surface area contributed by atoms with Gasteiger partial charge in [0.15, 0.2) is 0 Å². The van der Waals surface area contributed by atoms with E-state index in [2.05, 4.69) is 35.5 Å². The number of nitrogens with one attached hydrogen (secondary N) is 1. The summed E-state index contributed by atoms with van der Waals surface area (Å²) in [6.45, 7) is 4.70. The van der Waals surface area contributed by atoms with Crippen LogP contribution >= 0.6 is 0 Å². The molecule has 2 heterocycles. The lowest BCUT2D eigenvalue weighted by atomic mass is 9.99. The minimum absolute atomic E-state index is 0.196. The summed E-state index contributed by atoms with van der Waals surface area (Å²) in [7, 11) is 6.08. The summed E-state index contributed by atoms with van der Waals surface area (Å²) in [4.78, 5) is 2.36. The highest BCUT2D eigenvalue weighted by atomic mass is 16.5. The van der Waals surface area contributed by atoms with Crippen LogP contribution in [0.2, 0.25) is 0 Å². The standard InChI is InChI=1S/C12H22N4O/c1-9-10(8-16(4)14-9)12-11(7-13-2)17-6-5-15(12)3/h8,11-13H,5-7H2,1-4H3. The molecule has 96 valence electrons. The highest BCUT2D eigenvalue weighted by Gasteiger charge is 2.32. The van der Waals surface area contributed by atoms with Crippen LogP contribution in [0.3, 0.4) is 0 Å². The molecular formula is C12H22N4O. The third-order valence-electron chi connectivity index (χ3n) is 3.38. The van der Waals surface area contributed by atoms with E-state index >= 15 is 0 Å². The maximum atomic E-state index is 5.88. The SMILES string of the molecule is CNCC1OCCN(C)C1c1cn(C)nc1C. The molecule has 0 saturated carbocycles. The van der Waals surface area contributed by atoms with Gasteiger partial charge in [0.1, 0.15) is 0 Å². The molecule has 1 aliphatic rings. The number of aryl methyl sites for hydroxylation is 2. The van der Waals surface area contributed by atoms with Gasteiger partial charge in [0.05, 0.1) is 24.4 Å². The lowest BCUT2D eigenvalue weighted by molar-refractivity contribution is -0.0608. The second-order valence-electron chi connectivity index (χ2n) is 4.74. The molecule has 1 aromatic rings. The lowest BCUT2D eigenvalue weighted by Crippen LogP contribution is -2.47. The molecule has 0 bridgehead atoms. The summed E-state index contributed by atoms with van der Waals surface area (Å²) in [6.07, 6.45) is 2.30. The monoisotopic (exact) mass is 238 g/mol. The number of morpholine rings is 1. The van der Waals surface area contributed by atoms with Gasteiger partial charge in [-0.25, -0.2) is 0 Å². The zero-order chi connectivity index (χ0) is 12.4. The van der Waals surface area contributed by atoms with Crippen molar-refractivity contribution in [2.24, 2.45) is 7.05 Å². The summed E-state index contributed by atoms with van der Waals surface area (Å²) in [5, 5.41) is 7.63. The van der Waals surface area contributed by atoms with Crippen LogP contribution in [-0.4, -0.2) is 54.6 Å². The number of hydrogen-bond acceptors (Lipinski definition) is 4. The predicted molar refractivity (Wildman–Crippen MR) is 67.0 cm³/mol. The third kappa shape index (κ3) is 2.51. The Bertz CT molecular complexity index is 375. The average Bonchev–Trinajstić information content (AvgIpc) is 2.58. The smallest absolute Gasteiger partial charge is 0.0897 e. The van der Waals surface area contributed by atoms with E-state index in [0.717, 1.165) is 25.4 Å². The minimum Gasteiger partial charge on any atom is -0.374 e. The second-order valence-corrected chi connectivity index (χ2v) is 4.74. The number of hydrogen-bond donors (Lipinski definition) is 1. The van der Waals surface area contributed by atoms with Crippen LogP contribution in [0.25, 0.3) is 0 Å². The van der Waals surface area contributed by atoms with Crippen molar-refractivity contribution in [2.45, 2.75) is 19.1 Å². The van der Waals surface area contributed by atoms with E-state index in [0.29, 0.717) is 6.04 Å². The van der Waals surface area contributed by atoms with Crippen LogP contribution in [0.15, 0.2) is 6.20 Å². The molecule has 2 atom stereocenters. The van der Waals surface area contributed by atoms with Crippen molar-refractivity contribution in [3.63, 3.8) is 0 Å². The van der Waals surface area contributed by atoms with Gasteiger partial charge >= 0.3 is 0 Å². The van der Waals surface area contributed by atoms with Gasteiger partial charge in [-0.2, -0.15) is 5.10 Å². The maximum absolute atomic E-state index is 5.88. The van der Waals surface area contributed by atoms with Gasteiger partial charge in [0.25, 0.3) is 0 Å². The maximum Gasteiger partial charge on any atom is 0.0897 e. The second kappa shape index (κ2) is 5.16. The first kappa shape index (κ1) is 12.5. The van der Waals surface area contributed by atoms with Gasteiger partial charge in [0, 0.05) is 31.9 Å². The highest BCUT2D eigenvalue weighted by Crippen LogP contribution is 2.29. The molecule has 17 heavy (non-hydrogen) atoms. The van der Waals surface area contributed by atoms with E-state index < -0.39 is 0 Å². The molecule has 0 amide bonds. The fourth-order valence-electron chi connectivity index (χ4n) is 2.58. The molecule has 2 rings (SSSR count). The first-order chi connectivity index (χ1) is 8.13. The molecule has 2 unspecified atom stereocenters. The van der Waals surface area contributed by atoms with E-state index in [1.165, 1.54) is 5.56 Å². The molecule has 1 aliphatic heterocycles. The van der Waals surface area contributed by atoms with Crippen molar-refractivity contribution >= 4 is 0 Å². The molecule has 1 N–H and O–H groups in total. The number of ether oxygens (including phenoxy) is 1. The van der Waals surface area contributed by atoms with E-state index in [9.17, 15) is 0 Å². The molecule has 1 aromatic heterocycles. The molecule has 1 fully saturated rings. The van der Waals surface area contributed by atoms with E-state index in [-0.39, 0.29) is 6.10 Å². The highest BCUT2D eigenvalue weighted by molar-refractivity contribution is 5.22. The summed E-state index contributed by atoms with van der Waals surface area (Å²) >= 11 is 0. The van der Waals surface area contributed by atoms with Crippen LogP contribution in [0.5, 0.6) is 0 Å². The number of likely N-dealkylation sites (N-methyl/N-ethyl adjacent to an activating group) is 2. The Morgan fingerprint density at radius 1 is 1.53 bits per heavy atom. The van der Waals surface area contributed by atoms with Gasteiger partial charge in [-0.3, -0.25) is 9.58 Å². The quantitative estimate of drug-likeness (QED) is 0.823. The molecule has 5 heteroatoms. The van der Waals surface area contributed by atoms with Crippen LogP contribution in [-0.2, 0) is 11.8 Å². The molecule has 0 radical (unpaired) electrons. The third-order valence-corrected chi connectivity index (χ3v) is 3.38. The summed E-state index contributed by atoms with van der Waals surface area (Å²) < 4.78 is 7.76. The largest absolute Gasteiger partial charge is 0.374 e. The van der Waals surface area contributed by atoms with Crippen LogP contribution in [0, 0.1) is 6.92 Å². The van der Waals surface area contributed by atoms with E-state index in [4.69, 9.17) is 4.74 Å². The van der Waals surface area contributed by atoms with E-state index in [1.54, 1.807) is 0 Å². The Morgan fingerprint density at radius 2 is 2.29 bits per heavy atom. The minimum atomic E-state index is 0.196. The van der Waals surface area contributed by atoms with Crippen LogP contribution in [0.1, 0.15) is 17.3 Å². The van der Waals surface area contributed by atoms with Crippen molar-refractivity contribution in [1.29, 1.82) is 0 Å². The average molecular weight is 238 g/mol. The van der Waals surface area contributed by atoms with Crippen molar-refractivity contribution < 1.29 is 4.74 Å². The molecule has 1 saturated heterocycles. The number of nitrogens with zero attached hydrogens (tertiary/aromatic N) is 3. The molecule has 5 nitrogen and oxygen atoms in total. The Labute approximate surface area is 103 Å². The number of aromatic nitrogens is 2. The Hall–Kier alpha value is -0.910. The Kier molecular flexibility index (Phi) is 3.81. The van der Waals surface area contributed by atoms with Gasteiger partial charge in [0.2, 0.25) is 0 Å². The fourth-order valence-corrected chi connectivity index (χ4v) is 2.58. The van der Waals surface area contributed by atoms with Crippen LogP contribution in [0.4, 0.5) is 0 Å². The molecular weight excluding hydrogens is 216 g/mol. The van der Waals surface area contributed by atoms with E-state index in [1.807, 2.05) is 18.8 Å². The number of rotatable bonds is 3.